The van der Waals surface area contributed by atoms with E-state index >= 15 is 0 Å². The molecule has 18 heavy (non-hydrogen) atoms. The van der Waals surface area contributed by atoms with Gasteiger partial charge < -0.3 is 5.32 Å². The molecule has 2 rings (SSSR count). The Morgan fingerprint density at radius 1 is 1.44 bits per heavy atom. The molecule has 0 fully saturated rings. The molecule has 1 unspecified atom stereocenters. The SMILES string of the molecule is CC(Nc1nc(Cl)c(C#N)s1)c1cccc(Cl)c1. The molecule has 3 nitrogen and oxygen atoms in total. The second kappa shape index (κ2) is 5.57. The van der Waals surface area contributed by atoms with Crippen LogP contribution in [0.2, 0.25) is 10.2 Å². The predicted molar refractivity (Wildman–Crippen MR) is 75.3 cm³/mol. The minimum absolute atomic E-state index is 0.0393. The number of nitrogens with one attached hydrogen (secondary N) is 1. The van der Waals surface area contributed by atoms with Crippen molar-refractivity contribution in [3.63, 3.8) is 0 Å². The molecule has 2 aromatic rings. The Morgan fingerprint density at radius 2 is 2.22 bits per heavy atom. The minimum Gasteiger partial charge on any atom is -0.355 e. The zero-order chi connectivity index (χ0) is 13.1. The fourth-order valence-corrected chi connectivity index (χ4v) is 2.71. The van der Waals surface area contributed by atoms with Crippen LogP contribution >= 0.6 is 34.5 Å². The number of hydrogen-bond acceptors (Lipinski definition) is 4. The van der Waals surface area contributed by atoms with Crippen LogP contribution in [-0.4, -0.2) is 4.98 Å². The van der Waals surface area contributed by atoms with Crippen molar-refractivity contribution in [2.45, 2.75) is 13.0 Å². The molecule has 1 heterocycles. The Hall–Kier alpha value is -1.28. The van der Waals surface area contributed by atoms with E-state index in [1.807, 2.05) is 37.3 Å². The van der Waals surface area contributed by atoms with Crippen molar-refractivity contribution in [2.75, 3.05) is 5.32 Å². The lowest BCUT2D eigenvalue weighted by atomic mass is 10.1. The Labute approximate surface area is 119 Å². The Morgan fingerprint density at radius 3 is 2.83 bits per heavy atom. The topological polar surface area (TPSA) is 48.7 Å². The van der Waals surface area contributed by atoms with Gasteiger partial charge in [0.2, 0.25) is 0 Å². The summed E-state index contributed by atoms with van der Waals surface area (Å²) in [6.07, 6.45) is 0. The van der Waals surface area contributed by atoms with Crippen LogP contribution in [0, 0.1) is 11.3 Å². The van der Waals surface area contributed by atoms with Gasteiger partial charge >= 0.3 is 0 Å². The summed E-state index contributed by atoms with van der Waals surface area (Å²) in [7, 11) is 0. The standard InChI is InChI=1S/C12H9Cl2N3S/c1-7(8-3-2-4-9(13)5-8)16-12-17-11(14)10(6-15)18-12/h2-5,7H,1H3,(H,16,17). The third-order valence-electron chi connectivity index (χ3n) is 2.38. The molecule has 0 saturated carbocycles. The van der Waals surface area contributed by atoms with Crippen molar-refractivity contribution < 1.29 is 0 Å². The van der Waals surface area contributed by atoms with Gasteiger partial charge in [0.05, 0.1) is 6.04 Å². The second-order valence-corrected chi connectivity index (χ2v) is 5.47. The summed E-state index contributed by atoms with van der Waals surface area (Å²) in [5, 5.41) is 13.6. The van der Waals surface area contributed by atoms with Crippen LogP contribution in [0.25, 0.3) is 0 Å². The number of nitrogens with zero attached hydrogens (tertiary/aromatic N) is 2. The number of anilines is 1. The van der Waals surface area contributed by atoms with Gasteiger partial charge in [-0.15, -0.1) is 0 Å². The predicted octanol–water partition coefficient (Wildman–Crippen LogP) is 4.49. The zero-order valence-corrected chi connectivity index (χ0v) is 11.8. The fourth-order valence-electron chi connectivity index (χ4n) is 1.48. The highest BCUT2D eigenvalue weighted by Crippen LogP contribution is 2.29. The van der Waals surface area contributed by atoms with E-state index in [1.165, 1.54) is 11.3 Å². The molecule has 0 aliphatic rings. The molecule has 1 N–H and O–H groups in total. The lowest BCUT2D eigenvalue weighted by Crippen LogP contribution is -2.05. The van der Waals surface area contributed by atoms with Gasteiger partial charge in [-0.1, -0.05) is 46.7 Å². The third-order valence-corrected chi connectivity index (χ3v) is 3.89. The van der Waals surface area contributed by atoms with Crippen LogP contribution in [0.4, 0.5) is 5.13 Å². The molecule has 0 saturated heterocycles. The summed E-state index contributed by atoms with van der Waals surface area (Å²) in [5.41, 5.74) is 1.05. The number of hydrogen-bond donors (Lipinski definition) is 1. The molecule has 0 aliphatic carbocycles. The van der Waals surface area contributed by atoms with Gasteiger partial charge in [0.1, 0.15) is 10.9 Å². The van der Waals surface area contributed by atoms with Gasteiger partial charge in [0, 0.05) is 5.02 Å². The molecular weight excluding hydrogens is 289 g/mol. The lowest BCUT2D eigenvalue weighted by molar-refractivity contribution is 0.882. The first-order valence-electron chi connectivity index (χ1n) is 5.18. The van der Waals surface area contributed by atoms with E-state index in [1.54, 1.807) is 0 Å². The van der Waals surface area contributed by atoms with Crippen molar-refractivity contribution in [3.05, 3.63) is 44.9 Å². The van der Waals surface area contributed by atoms with Crippen molar-refractivity contribution >= 4 is 39.7 Å². The molecule has 1 aromatic heterocycles. The maximum atomic E-state index is 8.81. The smallest absolute Gasteiger partial charge is 0.185 e. The van der Waals surface area contributed by atoms with Crippen LogP contribution in [0.3, 0.4) is 0 Å². The highest BCUT2D eigenvalue weighted by Gasteiger charge is 2.12. The van der Waals surface area contributed by atoms with Crippen LogP contribution in [-0.2, 0) is 0 Å². The number of halogens is 2. The van der Waals surface area contributed by atoms with Crippen molar-refractivity contribution in [3.8, 4) is 6.07 Å². The number of benzene rings is 1. The van der Waals surface area contributed by atoms with E-state index < -0.39 is 0 Å². The summed E-state index contributed by atoms with van der Waals surface area (Å²) in [5.74, 6) is 0. The number of thiazole rings is 1. The summed E-state index contributed by atoms with van der Waals surface area (Å²) < 4.78 is 0. The van der Waals surface area contributed by atoms with Gasteiger partial charge in [-0.2, -0.15) is 5.26 Å². The summed E-state index contributed by atoms with van der Waals surface area (Å²) in [6, 6.07) is 9.62. The van der Waals surface area contributed by atoms with Crippen LogP contribution in [0.15, 0.2) is 24.3 Å². The second-order valence-electron chi connectivity index (χ2n) is 3.67. The third kappa shape index (κ3) is 2.94. The molecule has 0 aliphatic heterocycles. The molecule has 6 heteroatoms. The Kier molecular flexibility index (Phi) is 4.07. The van der Waals surface area contributed by atoms with Crippen LogP contribution in [0.1, 0.15) is 23.4 Å². The quantitative estimate of drug-likeness (QED) is 0.908. The van der Waals surface area contributed by atoms with E-state index in [2.05, 4.69) is 10.3 Å². The average Bonchev–Trinajstić information content (AvgIpc) is 2.69. The van der Waals surface area contributed by atoms with E-state index in [9.17, 15) is 0 Å². The van der Waals surface area contributed by atoms with E-state index in [4.69, 9.17) is 28.5 Å². The lowest BCUT2D eigenvalue weighted by Gasteiger charge is -2.13. The fraction of sp³-hybridized carbons (Fsp3) is 0.167. The number of aromatic nitrogens is 1. The summed E-state index contributed by atoms with van der Waals surface area (Å²) >= 11 is 13.0. The molecule has 92 valence electrons. The van der Waals surface area contributed by atoms with Gasteiger partial charge in [0.15, 0.2) is 10.3 Å². The highest BCUT2D eigenvalue weighted by atomic mass is 35.5. The van der Waals surface area contributed by atoms with Gasteiger partial charge in [-0.3, -0.25) is 0 Å². The van der Waals surface area contributed by atoms with Gasteiger partial charge in [-0.05, 0) is 24.6 Å². The Balaban J connectivity index is 2.16. The van der Waals surface area contributed by atoms with E-state index in [0.717, 1.165) is 5.56 Å². The molecule has 1 atom stereocenters. The summed E-state index contributed by atoms with van der Waals surface area (Å²) in [6.45, 7) is 1.99. The zero-order valence-electron chi connectivity index (χ0n) is 9.45. The minimum atomic E-state index is 0.0393. The maximum Gasteiger partial charge on any atom is 0.185 e. The number of nitriles is 1. The first kappa shape index (κ1) is 13.2. The normalized spacial score (nSPS) is 11.9. The van der Waals surface area contributed by atoms with E-state index in [0.29, 0.717) is 15.0 Å². The van der Waals surface area contributed by atoms with Gasteiger partial charge in [-0.25, -0.2) is 4.98 Å². The molecule has 0 bridgehead atoms. The first-order valence-corrected chi connectivity index (χ1v) is 6.76. The first-order chi connectivity index (χ1) is 8.60. The largest absolute Gasteiger partial charge is 0.355 e. The van der Waals surface area contributed by atoms with Crippen LogP contribution in [0.5, 0.6) is 0 Å². The van der Waals surface area contributed by atoms with Crippen LogP contribution < -0.4 is 5.32 Å². The van der Waals surface area contributed by atoms with Crippen molar-refractivity contribution in [1.82, 2.24) is 4.98 Å². The average molecular weight is 298 g/mol. The molecule has 0 spiro atoms. The Bertz CT molecular complexity index is 604. The molecular formula is C12H9Cl2N3S. The van der Waals surface area contributed by atoms with E-state index in [-0.39, 0.29) is 11.2 Å². The van der Waals surface area contributed by atoms with Gasteiger partial charge in [0.25, 0.3) is 0 Å². The van der Waals surface area contributed by atoms with Crippen molar-refractivity contribution in [1.29, 1.82) is 5.26 Å². The van der Waals surface area contributed by atoms with Crippen molar-refractivity contribution in [2.24, 2.45) is 0 Å². The summed E-state index contributed by atoms with van der Waals surface area (Å²) in [4.78, 5) is 4.50. The highest BCUT2D eigenvalue weighted by molar-refractivity contribution is 7.16. The molecule has 0 amide bonds. The monoisotopic (exact) mass is 297 g/mol. The molecule has 0 radical (unpaired) electrons. The maximum absolute atomic E-state index is 8.81. The number of rotatable bonds is 3. The molecule has 1 aromatic carbocycles.